The lowest BCUT2D eigenvalue weighted by Crippen LogP contribution is -2.31. The molecule has 1 atom stereocenters. The molecule has 0 aromatic carbocycles. The Bertz CT molecular complexity index is 197. The third-order valence-corrected chi connectivity index (χ3v) is 2.71. The lowest BCUT2D eigenvalue weighted by atomic mass is 9.97. The summed E-state index contributed by atoms with van der Waals surface area (Å²) in [5.41, 5.74) is -0.0532. The molecule has 0 saturated carbocycles. The van der Waals surface area contributed by atoms with Gasteiger partial charge in [0.05, 0.1) is 18.3 Å². The average Bonchev–Trinajstić information content (AvgIpc) is 2.09. The molecule has 0 aromatic rings. The molecule has 1 aliphatic rings. The van der Waals surface area contributed by atoms with Gasteiger partial charge in [-0.15, -0.1) is 0 Å². The highest BCUT2D eigenvalue weighted by Gasteiger charge is 2.23. The minimum Gasteiger partial charge on any atom is -0.378 e. The van der Waals surface area contributed by atoms with Crippen LogP contribution in [0, 0.1) is 0 Å². The van der Waals surface area contributed by atoms with Crippen molar-refractivity contribution in [1.82, 2.24) is 0 Å². The minimum absolute atomic E-state index is 0.0532. The van der Waals surface area contributed by atoms with Crippen LogP contribution in [0.1, 0.15) is 46.5 Å². The van der Waals surface area contributed by atoms with Crippen LogP contribution in [-0.2, 0) is 9.47 Å². The zero-order chi connectivity index (χ0) is 11.1. The zero-order valence-corrected chi connectivity index (χ0v) is 10.3. The van der Waals surface area contributed by atoms with E-state index in [1.807, 2.05) is 6.92 Å². The highest BCUT2D eigenvalue weighted by molar-refractivity contribution is 4.86. The summed E-state index contributed by atoms with van der Waals surface area (Å²) >= 11 is 0. The molecular formula is C13H24O2. The summed E-state index contributed by atoms with van der Waals surface area (Å²) in [5, 5.41) is 0. The van der Waals surface area contributed by atoms with Gasteiger partial charge >= 0.3 is 0 Å². The molecule has 0 spiro atoms. The SMILES string of the molecule is CCOC(C)(C)CC1CC/C=C/CCO1. The lowest BCUT2D eigenvalue weighted by Gasteiger charge is -2.30. The van der Waals surface area contributed by atoms with Crippen molar-refractivity contribution in [3.63, 3.8) is 0 Å². The van der Waals surface area contributed by atoms with Gasteiger partial charge in [-0.05, 0) is 40.0 Å². The second-order valence-corrected chi connectivity index (χ2v) is 4.73. The van der Waals surface area contributed by atoms with Crippen molar-refractivity contribution in [3.05, 3.63) is 12.2 Å². The quantitative estimate of drug-likeness (QED) is 0.666. The summed E-state index contributed by atoms with van der Waals surface area (Å²) in [6, 6.07) is 0. The number of ether oxygens (including phenoxy) is 2. The summed E-state index contributed by atoms with van der Waals surface area (Å²) < 4.78 is 11.5. The van der Waals surface area contributed by atoms with Crippen LogP contribution in [0.25, 0.3) is 0 Å². The van der Waals surface area contributed by atoms with E-state index in [4.69, 9.17) is 9.47 Å². The van der Waals surface area contributed by atoms with Crippen LogP contribution in [0.2, 0.25) is 0 Å². The molecule has 1 unspecified atom stereocenters. The lowest BCUT2D eigenvalue weighted by molar-refractivity contribution is -0.0631. The van der Waals surface area contributed by atoms with Crippen molar-refractivity contribution in [2.75, 3.05) is 13.2 Å². The molecule has 88 valence electrons. The van der Waals surface area contributed by atoms with Crippen LogP contribution < -0.4 is 0 Å². The predicted molar refractivity (Wildman–Crippen MR) is 63.1 cm³/mol. The third kappa shape index (κ3) is 5.33. The van der Waals surface area contributed by atoms with Gasteiger partial charge < -0.3 is 9.47 Å². The van der Waals surface area contributed by atoms with Gasteiger partial charge in [-0.2, -0.15) is 0 Å². The van der Waals surface area contributed by atoms with Crippen molar-refractivity contribution >= 4 is 0 Å². The van der Waals surface area contributed by atoms with Crippen molar-refractivity contribution in [1.29, 1.82) is 0 Å². The van der Waals surface area contributed by atoms with Gasteiger partial charge in [-0.1, -0.05) is 12.2 Å². The van der Waals surface area contributed by atoms with Crippen molar-refractivity contribution < 1.29 is 9.47 Å². The normalized spacial score (nSPS) is 25.7. The fourth-order valence-electron chi connectivity index (χ4n) is 2.06. The first-order valence-corrected chi connectivity index (χ1v) is 6.04. The Balaban J connectivity index is 2.38. The Morgan fingerprint density at radius 1 is 1.33 bits per heavy atom. The monoisotopic (exact) mass is 212 g/mol. The van der Waals surface area contributed by atoms with Crippen molar-refractivity contribution in [2.24, 2.45) is 0 Å². The molecule has 0 aromatic heterocycles. The number of rotatable bonds is 4. The second-order valence-electron chi connectivity index (χ2n) is 4.73. The first-order valence-electron chi connectivity index (χ1n) is 6.04. The smallest absolute Gasteiger partial charge is 0.0651 e. The molecule has 15 heavy (non-hydrogen) atoms. The van der Waals surface area contributed by atoms with Crippen LogP contribution in [0.15, 0.2) is 12.2 Å². The van der Waals surface area contributed by atoms with Crippen LogP contribution in [0.3, 0.4) is 0 Å². The van der Waals surface area contributed by atoms with Gasteiger partial charge in [0.25, 0.3) is 0 Å². The van der Waals surface area contributed by atoms with Gasteiger partial charge in [0.2, 0.25) is 0 Å². The molecular weight excluding hydrogens is 188 g/mol. The van der Waals surface area contributed by atoms with Gasteiger partial charge in [0.1, 0.15) is 0 Å². The van der Waals surface area contributed by atoms with E-state index in [9.17, 15) is 0 Å². The predicted octanol–water partition coefficient (Wildman–Crippen LogP) is 3.32. The van der Waals surface area contributed by atoms with Crippen LogP contribution in [0.4, 0.5) is 0 Å². The van der Waals surface area contributed by atoms with Gasteiger partial charge in [-0.25, -0.2) is 0 Å². The Morgan fingerprint density at radius 2 is 2.07 bits per heavy atom. The summed E-state index contributed by atoms with van der Waals surface area (Å²) in [5.74, 6) is 0. The van der Waals surface area contributed by atoms with Crippen LogP contribution in [-0.4, -0.2) is 24.9 Å². The molecule has 0 radical (unpaired) electrons. The Labute approximate surface area is 93.7 Å². The van der Waals surface area contributed by atoms with Gasteiger partial charge in [-0.3, -0.25) is 0 Å². The molecule has 1 heterocycles. The minimum atomic E-state index is -0.0532. The third-order valence-electron chi connectivity index (χ3n) is 2.71. The van der Waals surface area contributed by atoms with Crippen molar-refractivity contribution in [3.8, 4) is 0 Å². The molecule has 1 rings (SSSR count). The Hall–Kier alpha value is -0.340. The van der Waals surface area contributed by atoms with E-state index in [0.717, 1.165) is 38.9 Å². The zero-order valence-electron chi connectivity index (χ0n) is 10.3. The highest BCUT2D eigenvalue weighted by atomic mass is 16.5. The van der Waals surface area contributed by atoms with Crippen LogP contribution >= 0.6 is 0 Å². The maximum absolute atomic E-state index is 5.83. The van der Waals surface area contributed by atoms with Crippen LogP contribution in [0.5, 0.6) is 0 Å². The fourth-order valence-corrected chi connectivity index (χ4v) is 2.06. The first kappa shape index (κ1) is 12.7. The van der Waals surface area contributed by atoms with Gasteiger partial charge in [0.15, 0.2) is 0 Å². The van der Waals surface area contributed by atoms with E-state index >= 15 is 0 Å². The fraction of sp³-hybridized carbons (Fsp3) is 0.846. The first-order chi connectivity index (χ1) is 7.14. The highest BCUT2D eigenvalue weighted by Crippen LogP contribution is 2.22. The van der Waals surface area contributed by atoms with E-state index in [-0.39, 0.29) is 5.60 Å². The summed E-state index contributed by atoms with van der Waals surface area (Å²) in [7, 11) is 0. The number of hydrogen-bond donors (Lipinski definition) is 0. The molecule has 0 bridgehead atoms. The molecule has 2 heteroatoms. The summed E-state index contributed by atoms with van der Waals surface area (Å²) in [6.07, 6.45) is 9.13. The topological polar surface area (TPSA) is 18.5 Å². The van der Waals surface area contributed by atoms with Crippen molar-refractivity contribution in [2.45, 2.75) is 58.2 Å². The molecule has 1 aliphatic heterocycles. The maximum Gasteiger partial charge on any atom is 0.0651 e. The molecule has 0 N–H and O–H groups in total. The second kappa shape index (κ2) is 6.29. The summed E-state index contributed by atoms with van der Waals surface area (Å²) in [6.45, 7) is 7.97. The van der Waals surface area contributed by atoms with E-state index in [1.54, 1.807) is 0 Å². The average molecular weight is 212 g/mol. The molecule has 0 amide bonds. The largest absolute Gasteiger partial charge is 0.378 e. The summed E-state index contributed by atoms with van der Waals surface area (Å²) in [4.78, 5) is 0. The Kier molecular flexibility index (Phi) is 5.34. The number of allylic oxidation sites excluding steroid dienone is 1. The number of hydrogen-bond acceptors (Lipinski definition) is 2. The van der Waals surface area contributed by atoms with E-state index in [1.165, 1.54) is 0 Å². The Morgan fingerprint density at radius 3 is 2.80 bits per heavy atom. The van der Waals surface area contributed by atoms with E-state index in [0.29, 0.717) is 6.10 Å². The molecule has 0 fully saturated rings. The maximum atomic E-state index is 5.83. The standard InChI is InChI=1S/C13H24O2/c1-4-15-13(2,3)11-12-9-7-5-6-8-10-14-12/h5-6,12H,4,7-11H2,1-3H3/b6-5+. The van der Waals surface area contributed by atoms with Gasteiger partial charge in [0, 0.05) is 13.0 Å². The van der Waals surface area contributed by atoms with E-state index in [2.05, 4.69) is 26.0 Å². The molecule has 0 aliphatic carbocycles. The molecule has 0 saturated heterocycles. The van der Waals surface area contributed by atoms with E-state index < -0.39 is 0 Å². The molecule has 2 nitrogen and oxygen atoms in total.